The lowest BCUT2D eigenvalue weighted by atomic mass is 10.00. The van der Waals surface area contributed by atoms with Gasteiger partial charge < -0.3 is 0 Å². The van der Waals surface area contributed by atoms with Crippen LogP contribution in [0, 0.1) is 5.92 Å². The van der Waals surface area contributed by atoms with Crippen molar-refractivity contribution in [3.05, 3.63) is 70.7 Å². The number of hydrogen-bond acceptors (Lipinski definition) is 8. The van der Waals surface area contributed by atoms with Crippen LogP contribution < -0.4 is 5.69 Å². The number of tetrazole rings is 2. The molecule has 1 N–H and O–H groups in total. The standard InChI is InChI=1S/C25H29N11O/c1-4-5-6-21-16-35(24-29-32-33-36(24)14-17(2)3)25(37)34(21)15-20-13-26-12-11-22(20)18-7-9-19(10-8-18)23-27-30-31-28-23/h7-13,16-17H,4-6,14-15H2,1-3H3,(H,27,28,30,31). The molecule has 0 saturated heterocycles. The van der Waals surface area contributed by atoms with Crippen LogP contribution in [0.3, 0.4) is 0 Å². The van der Waals surface area contributed by atoms with Gasteiger partial charge >= 0.3 is 5.69 Å². The summed E-state index contributed by atoms with van der Waals surface area (Å²) in [6, 6.07) is 9.89. The summed E-state index contributed by atoms with van der Waals surface area (Å²) < 4.78 is 5.04. The van der Waals surface area contributed by atoms with E-state index in [1.54, 1.807) is 20.0 Å². The molecule has 12 nitrogen and oxygen atoms in total. The average molecular weight is 500 g/mol. The highest BCUT2D eigenvalue weighted by molar-refractivity contribution is 5.69. The maximum Gasteiger partial charge on any atom is 0.335 e. The van der Waals surface area contributed by atoms with Crippen molar-refractivity contribution < 1.29 is 0 Å². The zero-order valence-corrected chi connectivity index (χ0v) is 21.1. The van der Waals surface area contributed by atoms with Crippen molar-refractivity contribution in [2.75, 3.05) is 0 Å². The Bertz CT molecular complexity index is 1510. The Hall–Kier alpha value is -4.48. The number of unbranched alkanes of at least 4 members (excludes halogenated alkanes) is 1. The van der Waals surface area contributed by atoms with Gasteiger partial charge in [0.15, 0.2) is 0 Å². The largest absolute Gasteiger partial charge is 0.335 e. The zero-order valence-electron chi connectivity index (χ0n) is 21.1. The van der Waals surface area contributed by atoms with E-state index >= 15 is 0 Å². The van der Waals surface area contributed by atoms with Crippen LogP contribution in [-0.4, -0.2) is 54.9 Å². The third kappa shape index (κ3) is 5.08. The fraction of sp³-hybridized carbons (Fsp3) is 0.360. The Morgan fingerprint density at radius 1 is 1.05 bits per heavy atom. The summed E-state index contributed by atoms with van der Waals surface area (Å²) in [6.45, 7) is 7.32. The smallest absolute Gasteiger partial charge is 0.291 e. The van der Waals surface area contributed by atoms with Crippen molar-refractivity contribution in [3.8, 4) is 28.5 Å². The number of H-pyrrole nitrogens is 1. The predicted octanol–water partition coefficient (Wildman–Crippen LogP) is 2.91. The van der Waals surface area contributed by atoms with Gasteiger partial charge in [0.1, 0.15) is 0 Å². The summed E-state index contributed by atoms with van der Waals surface area (Å²) in [5.41, 5.74) is 4.58. The molecule has 190 valence electrons. The topological polar surface area (TPSA) is 138 Å². The molecule has 4 heterocycles. The molecule has 0 saturated carbocycles. The summed E-state index contributed by atoms with van der Waals surface area (Å²) in [7, 11) is 0. The van der Waals surface area contributed by atoms with Gasteiger partial charge in [-0.1, -0.05) is 56.6 Å². The lowest BCUT2D eigenvalue weighted by Crippen LogP contribution is -2.27. The van der Waals surface area contributed by atoms with Crippen LogP contribution in [0.2, 0.25) is 0 Å². The van der Waals surface area contributed by atoms with E-state index in [2.05, 4.69) is 61.9 Å². The van der Waals surface area contributed by atoms with Crippen molar-refractivity contribution >= 4 is 0 Å². The molecule has 0 aliphatic rings. The molecular weight excluding hydrogens is 470 g/mol. The molecule has 0 unspecified atom stereocenters. The lowest BCUT2D eigenvalue weighted by Gasteiger charge is -2.12. The monoisotopic (exact) mass is 499 g/mol. The third-order valence-electron chi connectivity index (χ3n) is 6.15. The Kier molecular flexibility index (Phi) is 6.97. The molecule has 4 aromatic heterocycles. The van der Waals surface area contributed by atoms with Gasteiger partial charge in [-0.3, -0.25) is 9.55 Å². The number of imidazole rings is 1. The van der Waals surface area contributed by atoms with E-state index in [9.17, 15) is 4.79 Å². The highest BCUT2D eigenvalue weighted by Crippen LogP contribution is 2.26. The minimum atomic E-state index is -0.173. The fourth-order valence-electron chi connectivity index (χ4n) is 4.32. The first-order valence-corrected chi connectivity index (χ1v) is 12.4. The number of aromatic amines is 1. The Morgan fingerprint density at radius 3 is 2.59 bits per heavy atom. The summed E-state index contributed by atoms with van der Waals surface area (Å²) in [4.78, 5) is 18.1. The maximum absolute atomic E-state index is 13.7. The van der Waals surface area contributed by atoms with Crippen LogP contribution in [0.25, 0.3) is 28.5 Å². The molecular formula is C25H29N11O. The van der Waals surface area contributed by atoms with Crippen LogP contribution in [0.5, 0.6) is 0 Å². The quantitative estimate of drug-likeness (QED) is 0.310. The summed E-state index contributed by atoms with van der Waals surface area (Å²) in [6.07, 6.45) is 8.22. The average Bonchev–Trinajstić information content (AvgIpc) is 3.65. The van der Waals surface area contributed by atoms with Crippen LogP contribution >= 0.6 is 0 Å². The first-order valence-electron chi connectivity index (χ1n) is 12.4. The maximum atomic E-state index is 13.7. The normalized spacial score (nSPS) is 11.5. The first kappa shape index (κ1) is 24.2. The van der Waals surface area contributed by atoms with Crippen molar-refractivity contribution in [1.29, 1.82) is 0 Å². The number of aryl methyl sites for hydroxylation is 1. The summed E-state index contributed by atoms with van der Waals surface area (Å²) in [5.74, 6) is 1.30. The molecule has 0 amide bonds. The molecule has 0 atom stereocenters. The number of benzene rings is 1. The van der Waals surface area contributed by atoms with E-state index in [-0.39, 0.29) is 5.69 Å². The van der Waals surface area contributed by atoms with E-state index in [1.165, 1.54) is 0 Å². The second-order valence-electron chi connectivity index (χ2n) is 9.36. The van der Waals surface area contributed by atoms with Crippen molar-refractivity contribution in [2.24, 2.45) is 5.92 Å². The first-order chi connectivity index (χ1) is 18.0. The van der Waals surface area contributed by atoms with Gasteiger partial charge in [0.05, 0.1) is 6.54 Å². The molecule has 37 heavy (non-hydrogen) atoms. The van der Waals surface area contributed by atoms with Crippen LogP contribution in [0.15, 0.2) is 53.7 Å². The summed E-state index contributed by atoms with van der Waals surface area (Å²) in [5, 5.41) is 26.3. The minimum absolute atomic E-state index is 0.173. The summed E-state index contributed by atoms with van der Waals surface area (Å²) >= 11 is 0. The lowest BCUT2D eigenvalue weighted by molar-refractivity contribution is 0.465. The van der Waals surface area contributed by atoms with Crippen LogP contribution in [0.1, 0.15) is 44.9 Å². The van der Waals surface area contributed by atoms with Gasteiger partial charge in [-0.25, -0.2) is 14.0 Å². The van der Waals surface area contributed by atoms with Crippen molar-refractivity contribution in [3.63, 3.8) is 0 Å². The molecule has 0 fully saturated rings. The number of hydrogen-bond donors (Lipinski definition) is 1. The molecule has 0 aliphatic heterocycles. The highest BCUT2D eigenvalue weighted by Gasteiger charge is 2.19. The molecule has 1 aromatic carbocycles. The number of nitrogens with one attached hydrogen (secondary N) is 1. The molecule has 0 spiro atoms. The number of aromatic nitrogens is 11. The van der Waals surface area contributed by atoms with Gasteiger partial charge in [-0.15, -0.1) is 10.2 Å². The molecule has 5 aromatic rings. The van der Waals surface area contributed by atoms with Crippen LogP contribution in [0.4, 0.5) is 0 Å². The fourth-order valence-corrected chi connectivity index (χ4v) is 4.32. The van der Waals surface area contributed by atoms with E-state index in [0.29, 0.717) is 30.8 Å². The van der Waals surface area contributed by atoms with Gasteiger partial charge in [0.2, 0.25) is 5.82 Å². The van der Waals surface area contributed by atoms with Gasteiger partial charge in [-0.2, -0.15) is 5.21 Å². The minimum Gasteiger partial charge on any atom is -0.291 e. The molecule has 12 heteroatoms. The van der Waals surface area contributed by atoms with E-state index < -0.39 is 0 Å². The number of rotatable bonds is 10. The van der Waals surface area contributed by atoms with E-state index in [4.69, 9.17) is 0 Å². The van der Waals surface area contributed by atoms with Crippen LogP contribution in [-0.2, 0) is 19.5 Å². The van der Waals surface area contributed by atoms with Gasteiger partial charge in [0, 0.05) is 36.4 Å². The third-order valence-corrected chi connectivity index (χ3v) is 6.15. The SMILES string of the molecule is CCCCc1cn(-c2nnnn2CC(C)C)c(=O)n1Cc1cnccc1-c1ccc(-c2nn[nH]n2)cc1. The zero-order chi connectivity index (χ0) is 25.8. The highest BCUT2D eigenvalue weighted by atomic mass is 16.2. The van der Waals surface area contributed by atoms with Gasteiger partial charge in [0.25, 0.3) is 5.95 Å². The Morgan fingerprint density at radius 2 is 1.86 bits per heavy atom. The van der Waals surface area contributed by atoms with E-state index in [1.807, 2.05) is 42.7 Å². The number of pyridine rings is 1. The van der Waals surface area contributed by atoms with Gasteiger partial charge in [-0.05, 0) is 57.2 Å². The number of nitrogens with zero attached hydrogens (tertiary/aromatic N) is 10. The van der Waals surface area contributed by atoms with Crippen molar-refractivity contribution in [1.82, 2.24) is 54.9 Å². The van der Waals surface area contributed by atoms with Crippen molar-refractivity contribution in [2.45, 2.75) is 53.1 Å². The molecule has 0 bridgehead atoms. The molecule has 0 radical (unpaired) electrons. The second-order valence-corrected chi connectivity index (χ2v) is 9.36. The Balaban J connectivity index is 1.52. The van der Waals surface area contributed by atoms with E-state index in [0.717, 1.165) is 47.2 Å². The predicted molar refractivity (Wildman–Crippen MR) is 137 cm³/mol. The Labute approximate surface area is 213 Å². The molecule has 5 rings (SSSR count). The second kappa shape index (κ2) is 10.6. The molecule has 0 aliphatic carbocycles.